The Kier molecular flexibility index (Phi) is 5.77. The average Bonchev–Trinajstić information content (AvgIpc) is 3.01. The number of aliphatic carboxylic acids is 1. The topological polar surface area (TPSA) is 83.9 Å². The van der Waals surface area contributed by atoms with Gasteiger partial charge in [-0.05, 0) is 47.2 Å². The molecule has 1 fully saturated rings. The molecular formula is C24H19NO5S. The zero-order valence-corrected chi connectivity index (χ0v) is 17.5. The van der Waals surface area contributed by atoms with Crippen LogP contribution in [0.1, 0.15) is 16.7 Å². The summed E-state index contributed by atoms with van der Waals surface area (Å²) >= 11 is 0.732. The van der Waals surface area contributed by atoms with Gasteiger partial charge in [-0.25, -0.2) is 0 Å². The van der Waals surface area contributed by atoms with Crippen LogP contribution in [0.5, 0.6) is 5.75 Å². The molecule has 1 N–H and O–H groups in total. The lowest BCUT2D eigenvalue weighted by Crippen LogP contribution is -2.33. The standard InChI is InChI=1S/C24H19NO5S/c1-15-6-8-16(9-7-15)14-30-20-11-10-17-4-2-3-5-18(17)19(20)12-21-23(28)25(13-22(26)27)24(29)31-21/h2-12H,13-14H2,1H3,(H,26,27)/b21-12+. The Morgan fingerprint density at radius 1 is 1.06 bits per heavy atom. The summed E-state index contributed by atoms with van der Waals surface area (Å²) in [7, 11) is 0. The van der Waals surface area contributed by atoms with Crippen molar-refractivity contribution in [2.75, 3.05) is 6.54 Å². The summed E-state index contributed by atoms with van der Waals surface area (Å²) in [6.07, 6.45) is 1.61. The Hall–Kier alpha value is -3.58. The van der Waals surface area contributed by atoms with Crippen molar-refractivity contribution in [2.24, 2.45) is 0 Å². The van der Waals surface area contributed by atoms with Crippen LogP contribution < -0.4 is 4.74 Å². The van der Waals surface area contributed by atoms with E-state index < -0.39 is 23.7 Å². The number of carboxylic acids is 1. The van der Waals surface area contributed by atoms with Gasteiger partial charge in [-0.3, -0.25) is 19.3 Å². The maximum absolute atomic E-state index is 12.6. The minimum Gasteiger partial charge on any atom is -0.488 e. The number of aryl methyl sites for hydroxylation is 1. The van der Waals surface area contributed by atoms with E-state index in [2.05, 4.69) is 0 Å². The molecule has 31 heavy (non-hydrogen) atoms. The maximum atomic E-state index is 12.6. The molecule has 0 spiro atoms. The van der Waals surface area contributed by atoms with E-state index in [1.807, 2.05) is 67.6 Å². The van der Waals surface area contributed by atoms with Crippen LogP contribution in [0, 0.1) is 6.92 Å². The van der Waals surface area contributed by atoms with E-state index in [-0.39, 0.29) is 4.91 Å². The summed E-state index contributed by atoms with van der Waals surface area (Å²) in [6.45, 7) is 1.71. The fourth-order valence-corrected chi connectivity index (χ4v) is 4.12. The van der Waals surface area contributed by atoms with Gasteiger partial charge in [-0.2, -0.15) is 0 Å². The Morgan fingerprint density at radius 3 is 2.55 bits per heavy atom. The molecule has 156 valence electrons. The molecule has 0 saturated carbocycles. The number of amides is 2. The molecule has 0 aliphatic carbocycles. The molecule has 7 heteroatoms. The fraction of sp³-hybridized carbons (Fsp3) is 0.125. The lowest BCUT2D eigenvalue weighted by Gasteiger charge is -2.13. The number of rotatable bonds is 6. The highest BCUT2D eigenvalue weighted by Gasteiger charge is 2.36. The molecule has 4 rings (SSSR count). The van der Waals surface area contributed by atoms with E-state index in [0.29, 0.717) is 17.9 Å². The molecule has 0 aromatic heterocycles. The molecule has 1 aliphatic rings. The van der Waals surface area contributed by atoms with Gasteiger partial charge in [0.1, 0.15) is 18.9 Å². The van der Waals surface area contributed by atoms with Gasteiger partial charge < -0.3 is 9.84 Å². The van der Waals surface area contributed by atoms with Crippen molar-refractivity contribution in [3.8, 4) is 5.75 Å². The van der Waals surface area contributed by atoms with Gasteiger partial charge in [0.05, 0.1) is 4.91 Å². The highest BCUT2D eigenvalue weighted by Crippen LogP contribution is 2.37. The van der Waals surface area contributed by atoms with Crippen molar-refractivity contribution in [1.29, 1.82) is 0 Å². The predicted molar refractivity (Wildman–Crippen MR) is 120 cm³/mol. The number of hydrogen-bond acceptors (Lipinski definition) is 5. The number of benzene rings is 3. The monoisotopic (exact) mass is 433 g/mol. The first kappa shape index (κ1) is 20.7. The van der Waals surface area contributed by atoms with Crippen LogP contribution in [-0.4, -0.2) is 33.7 Å². The molecule has 0 unspecified atom stereocenters. The van der Waals surface area contributed by atoms with Crippen molar-refractivity contribution in [2.45, 2.75) is 13.5 Å². The summed E-state index contributed by atoms with van der Waals surface area (Å²) < 4.78 is 6.08. The zero-order chi connectivity index (χ0) is 22.0. The summed E-state index contributed by atoms with van der Waals surface area (Å²) in [4.78, 5) is 36.7. The predicted octanol–water partition coefficient (Wildman–Crippen LogP) is 4.85. The third-order valence-corrected chi connectivity index (χ3v) is 5.80. The third kappa shape index (κ3) is 4.46. The number of nitrogens with zero attached hydrogens (tertiary/aromatic N) is 1. The minimum absolute atomic E-state index is 0.169. The van der Waals surface area contributed by atoms with Crippen LogP contribution in [0.15, 0.2) is 65.6 Å². The van der Waals surface area contributed by atoms with E-state index >= 15 is 0 Å². The van der Waals surface area contributed by atoms with Crippen molar-refractivity contribution < 1.29 is 24.2 Å². The average molecular weight is 433 g/mol. The smallest absolute Gasteiger partial charge is 0.323 e. The number of carboxylic acid groups (broad SMARTS) is 1. The normalized spacial score (nSPS) is 15.1. The van der Waals surface area contributed by atoms with Crippen LogP contribution in [-0.2, 0) is 16.2 Å². The van der Waals surface area contributed by atoms with E-state index in [4.69, 9.17) is 9.84 Å². The van der Waals surface area contributed by atoms with E-state index in [0.717, 1.165) is 38.6 Å². The third-order valence-electron chi connectivity index (χ3n) is 4.89. The molecule has 0 atom stereocenters. The van der Waals surface area contributed by atoms with Gasteiger partial charge in [0.25, 0.3) is 11.1 Å². The van der Waals surface area contributed by atoms with Gasteiger partial charge in [0, 0.05) is 5.56 Å². The molecule has 1 aliphatic heterocycles. The number of carbonyl (C=O) groups is 3. The molecule has 0 bridgehead atoms. The zero-order valence-electron chi connectivity index (χ0n) is 16.7. The number of thioether (sulfide) groups is 1. The molecule has 1 saturated heterocycles. The first-order valence-corrected chi connectivity index (χ1v) is 10.4. The van der Waals surface area contributed by atoms with Crippen LogP contribution in [0.25, 0.3) is 16.8 Å². The molecule has 6 nitrogen and oxygen atoms in total. The van der Waals surface area contributed by atoms with Crippen molar-refractivity contribution >= 4 is 45.7 Å². The van der Waals surface area contributed by atoms with Crippen LogP contribution in [0.2, 0.25) is 0 Å². The lowest BCUT2D eigenvalue weighted by atomic mass is 10.0. The number of ether oxygens (including phenoxy) is 1. The number of fused-ring (bicyclic) bond motifs is 1. The second-order valence-corrected chi connectivity index (χ2v) is 8.13. The maximum Gasteiger partial charge on any atom is 0.323 e. The first-order chi connectivity index (χ1) is 14.9. The molecule has 1 heterocycles. The second-order valence-electron chi connectivity index (χ2n) is 7.13. The Labute approximate surface area is 183 Å². The molecular weight excluding hydrogens is 414 g/mol. The quantitative estimate of drug-likeness (QED) is 0.560. The van der Waals surface area contributed by atoms with Crippen LogP contribution >= 0.6 is 11.8 Å². The van der Waals surface area contributed by atoms with Gasteiger partial charge in [-0.15, -0.1) is 0 Å². The van der Waals surface area contributed by atoms with Crippen LogP contribution in [0.4, 0.5) is 4.79 Å². The van der Waals surface area contributed by atoms with Crippen molar-refractivity contribution in [3.63, 3.8) is 0 Å². The van der Waals surface area contributed by atoms with Crippen molar-refractivity contribution in [3.05, 3.63) is 82.3 Å². The van der Waals surface area contributed by atoms with E-state index in [1.54, 1.807) is 6.08 Å². The van der Waals surface area contributed by atoms with Gasteiger partial charge >= 0.3 is 5.97 Å². The molecule has 2 amide bonds. The largest absolute Gasteiger partial charge is 0.488 e. The number of imide groups is 1. The van der Waals surface area contributed by atoms with Crippen LogP contribution in [0.3, 0.4) is 0 Å². The Balaban J connectivity index is 1.71. The second kappa shape index (κ2) is 8.65. The summed E-state index contributed by atoms with van der Waals surface area (Å²) in [6, 6.07) is 19.5. The Morgan fingerprint density at radius 2 is 1.81 bits per heavy atom. The molecule has 3 aromatic rings. The molecule has 3 aromatic carbocycles. The molecule has 0 radical (unpaired) electrons. The van der Waals surface area contributed by atoms with E-state index in [1.165, 1.54) is 0 Å². The highest BCUT2D eigenvalue weighted by atomic mass is 32.2. The summed E-state index contributed by atoms with van der Waals surface area (Å²) in [5, 5.41) is 10.2. The Bertz CT molecular complexity index is 1220. The number of carbonyl (C=O) groups excluding carboxylic acids is 2. The summed E-state index contributed by atoms with van der Waals surface area (Å²) in [5.41, 5.74) is 2.84. The summed E-state index contributed by atoms with van der Waals surface area (Å²) in [5.74, 6) is -1.28. The van der Waals surface area contributed by atoms with Gasteiger partial charge in [0.2, 0.25) is 0 Å². The minimum atomic E-state index is -1.24. The van der Waals surface area contributed by atoms with Crippen molar-refractivity contribution in [1.82, 2.24) is 4.90 Å². The van der Waals surface area contributed by atoms with E-state index in [9.17, 15) is 14.4 Å². The first-order valence-electron chi connectivity index (χ1n) is 9.59. The SMILES string of the molecule is Cc1ccc(COc2ccc3ccccc3c2/C=C2/SC(=O)N(CC(=O)O)C2=O)cc1. The van der Waals surface area contributed by atoms with Gasteiger partial charge in [-0.1, -0.05) is 60.2 Å². The van der Waals surface area contributed by atoms with Gasteiger partial charge in [0.15, 0.2) is 0 Å². The fourth-order valence-electron chi connectivity index (χ4n) is 3.30. The lowest BCUT2D eigenvalue weighted by molar-refractivity contribution is -0.140. The number of hydrogen-bond donors (Lipinski definition) is 1. The highest BCUT2D eigenvalue weighted by molar-refractivity contribution is 8.18.